The average molecular weight is 458 g/mol. The summed E-state index contributed by atoms with van der Waals surface area (Å²) in [5.41, 5.74) is 1.37. The van der Waals surface area contributed by atoms with Gasteiger partial charge in [0, 0.05) is 17.7 Å². The standard InChI is InChI=1S/C20H9Cl2N3O4S/c21-12-9-13(22)16(25(27)28)8-11(12)17-6-5-10(29-17)7-18-19(26)24-15-4-2-1-3-14(15)23-20(24)30-18/h1-9H. The number of halogens is 2. The number of rotatable bonds is 3. The van der Waals surface area contributed by atoms with Crippen LogP contribution in [0.3, 0.4) is 0 Å². The number of benzene rings is 2. The molecular weight excluding hydrogens is 449 g/mol. The van der Waals surface area contributed by atoms with Crippen LogP contribution in [0.15, 0.2) is 57.7 Å². The third-order valence-electron chi connectivity index (χ3n) is 4.54. The van der Waals surface area contributed by atoms with E-state index in [4.69, 9.17) is 27.6 Å². The zero-order valence-electron chi connectivity index (χ0n) is 14.8. The van der Waals surface area contributed by atoms with E-state index in [1.807, 2.05) is 24.3 Å². The van der Waals surface area contributed by atoms with Crippen LogP contribution in [0.1, 0.15) is 5.76 Å². The van der Waals surface area contributed by atoms with Gasteiger partial charge in [0.2, 0.25) is 0 Å². The van der Waals surface area contributed by atoms with Crippen LogP contribution in [-0.2, 0) is 0 Å². The van der Waals surface area contributed by atoms with Crippen molar-refractivity contribution in [2.45, 2.75) is 0 Å². The van der Waals surface area contributed by atoms with Crippen molar-refractivity contribution in [1.29, 1.82) is 0 Å². The SMILES string of the molecule is O=c1c(=Cc2ccc(-c3cc([N+](=O)[O-])c(Cl)cc3Cl)o2)sc2nc3ccccc3n12. The Hall–Kier alpha value is -3.20. The number of hydrogen-bond donors (Lipinski definition) is 0. The van der Waals surface area contributed by atoms with Crippen molar-refractivity contribution >= 4 is 62.3 Å². The fourth-order valence-corrected chi connectivity index (χ4v) is 4.69. The summed E-state index contributed by atoms with van der Waals surface area (Å²) in [4.78, 5) is 28.5. The Bertz CT molecular complexity index is 1590. The first-order valence-corrected chi connectivity index (χ1v) is 10.1. The van der Waals surface area contributed by atoms with E-state index in [0.29, 0.717) is 26.6 Å². The number of nitro groups is 1. The predicted molar refractivity (Wildman–Crippen MR) is 116 cm³/mol. The number of fused-ring (bicyclic) bond motifs is 3. The Balaban J connectivity index is 1.61. The zero-order chi connectivity index (χ0) is 21.0. The van der Waals surface area contributed by atoms with Gasteiger partial charge in [0.25, 0.3) is 11.2 Å². The molecule has 0 aliphatic heterocycles. The second-order valence-electron chi connectivity index (χ2n) is 6.38. The summed E-state index contributed by atoms with van der Waals surface area (Å²) < 4.78 is 7.80. The average Bonchev–Trinajstić information content (AvgIpc) is 3.38. The maximum absolute atomic E-state index is 12.8. The summed E-state index contributed by atoms with van der Waals surface area (Å²) in [7, 11) is 0. The van der Waals surface area contributed by atoms with Crippen LogP contribution >= 0.6 is 34.5 Å². The molecule has 5 rings (SSSR count). The van der Waals surface area contributed by atoms with E-state index in [1.165, 1.54) is 23.5 Å². The lowest BCUT2D eigenvalue weighted by atomic mass is 10.1. The molecule has 0 aliphatic carbocycles. The molecule has 0 bridgehead atoms. The number of nitrogens with zero attached hydrogens (tertiary/aromatic N) is 3. The van der Waals surface area contributed by atoms with Crippen LogP contribution in [-0.4, -0.2) is 14.3 Å². The van der Waals surface area contributed by atoms with Gasteiger partial charge in [-0.3, -0.25) is 14.9 Å². The van der Waals surface area contributed by atoms with Crippen LogP contribution in [0, 0.1) is 10.1 Å². The van der Waals surface area contributed by atoms with Gasteiger partial charge >= 0.3 is 0 Å². The van der Waals surface area contributed by atoms with Gasteiger partial charge in [-0.25, -0.2) is 9.38 Å². The summed E-state index contributed by atoms with van der Waals surface area (Å²) in [5.74, 6) is 0.731. The molecule has 3 heterocycles. The molecule has 0 atom stereocenters. The molecule has 0 spiro atoms. The van der Waals surface area contributed by atoms with Crippen molar-refractivity contribution in [2.24, 2.45) is 0 Å². The number of thiazole rings is 1. The summed E-state index contributed by atoms with van der Waals surface area (Å²) in [5, 5.41) is 11.3. The maximum atomic E-state index is 12.8. The minimum absolute atomic E-state index is 0.0581. The molecule has 0 fully saturated rings. The third-order valence-corrected chi connectivity index (χ3v) is 6.13. The van der Waals surface area contributed by atoms with E-state index < -0.39 is 4.92 Å². The molecule has 3 aromatic heterocycles. The van der Waals surface area contributed by atoms with Crippen LogP contribution in [0.5, 0.6) is 0 Å². The highest BCUT2D eigenvalue weighted by Crippen LogP contribution is 2.37. The van der Waals surface area contributed by atoms with Crippen LogP contribution in [0.4, 0.5) is 5.69 Å². The molecular formula is C20H9Cl2N3O4S. The lowest BCUT2D eigenvalue weighted by Crippen LogP contribution is -2.22. The molecule has 0 saturated heterocycles. The van der Waals surface area contributed by atoms with Gasteiger partial charge < -0.3 is 4.42 Å². The summed E-state index contributed by atoms with van der Waals surface area (Å²) in [6, 6.07) is 13.3. The molecule has 148 valence electrons. The monoisotopic (exact) mass is 457 g/mol. The van der Waals surface area contributed by atoms with Crippen molar-refractivity contribution in [3.8, 4) is 11.3 Å². The summed E-state index contributed by atoms with van der Waals surface area (Å²) in [6.45, 7) is 0. The Labute approximate surface area is 181 Å². The van der Waals surface area contributed by atoms with Gasteiger partial charge in [-0.05, 0) is 30.3 Å². The van der Waals surface area contributed by atoms with Gasteiger partial charge in [-0.15, -0.1) is 0 Å². The molecule has 7 nitrogen and oxygen atoms in total. The fourth-order valence-electron chi connectivity index (χ4n) is 3.18. The first-order chi connectivity index (χ1) is 14.4. The second-order valence-corrected chi connectivity index (χ2v) is 8.20. The quantitative estimate of drug-likeness (QED) is 0.283. The number of imidazole rings is 1. The van der Waals surface area contributed by atoms with Crippen LogP contribution in [0.2, 0.25) is 10.0 Å². The van der Waals surface area contributed by atoms with Gasteiger partial charge in [0.1, 0.15) is 21.1 Å². The van der Waals surface area contributed by atoms with E-state index in [1.54, 1.807) is 22.6 Å². The minimum Gasteiger partial charge on any atom is -0.457 e. The summed E-state index contributed by atoms with van der Waals surface area (Å²) >= 11 is 13.3. The normalized spacial score (nSPS) is 12.3. The highest BCUT2D eigenvalue weighted by atomic mass is 35.5. The Morgan fingerprint density at radius 1 is 1.13 bits per heavy atom. The minimum atomic E-state index is -0.590. The van der Waals surface area contributed by atoms with Crippen LogP contribution < -0.4 is 10.1 Å². The molecule has 2 aromatic carbocycles. The first-order valence-electron chi connectivity index (χ1n) is 8.58. The highest BCUT2D eigenvalue weighted by Gasteiger charge is 2.19. The molecule has 0 aliphatic rings. The van der Waals surface area contributed by atoms with E-state index in [0.717, 1.165) is 11.0 Å². The molecule has 10 heteroatoms. The topological polar surface area (TPSA) is 90.6 Å². The van der Waals surface area contributed by atoms with Gasteiger partial charge in [0.15, 0.2) is 4.96 Å². The zero-order valence-corrected chi connectivity index (χ0v) is 17.2. The van der Waals surface area contributed by atoms with Crippen molar-refractivity contribution in [3.63, 3.8) is 0 Å². The molecule has 5 aromatic rings. The molecule has 30 heavy (non-hydrogen) atoms. The number of furan rings is 1. The second kappa shape index (κ2) is 6.94. The first kappa shape index (κ1) is 18.8. The molecule has 0 unspecified atom stereocenters. The Kier molecular flexibility index (Phi) is 4.35. The number of para-hydroxylation sites is 2. The smallest absolute Gasteiger partial charge is 0.288 e. The maximum Gasteiger partial charge on any atom is 0.288 e. The van der Waals surface area contributed by atoms with E-state index >= 15 is 0 Å². The summed E-state index contributed by atoms with van der Waals surface area (Å²) in [6.07, 6.45) is 1.61. The number of hydrogen-bond acceptors (Lipinski definition) is 6. The highest BCUT2D eigenvalue weighted by molar-refractivity contribution is 7.15. The van der Waals surface area contributed by atoms with E-state index in [-0.39, 0.29) is 21.3 Å². The lowest BCUT2D eigenvalue weighted by Gasteiger charge is -2.02. The number of nitro benzene ring substituents is 1. The fraction of sp³-hybridized carbons (Fsp3) is 0. The lowest BCUT2D eigenvalue weighted by molar-refractivity contribution is -0.384. The van der Waals surface area contributed by atoms with E-state index in [9.17, 15) is 14.9 Å². The van der Waals surface area contributed by atoms with Crippen molar-refractivity contribution in [2.75, 3.05) is 0 Å². The largest absolute Gasteiger partial charge is 0.457 e. The molecule has 0 radical (unpaired) electrons. The predicted octanol–water partition coefficient (Wildman–Crippen LogP) is 4.93. The Morgan fingerprint density at radius 3 is 2.73 bits per heavy atom. The molecule has 0 N–H and O–H groups in total. The van der Waals surface area contributed by atoms with Crippen LogP contribution in [0.25, 0.3) is 33.4 Å². The van der Waals surface area contributed by atoms with Gasteiger partial charge in [-0.2, -0.15) is 0 Å². The van der Waals surface area contributed by atoms with E-state index in [2.05, 4.69) is 4.98 Å². The van der Waals surface area contributed by atoms with Gasteiger partial charge in [-0.1, -0.05) is 46.7 Å². The Morgan fingerprint density at radius 2 is 1.93 bits per heavy atom. The van der Waals surface area contributed by atoms with Crippen molar-refractivity contribution in [1.82, 2.24) is 9.38 Å². The van der Waals surface area contributed by atoms with Gasteiger partial charge in [0.05, 0.1) is 21.0 Å². The number of aromatic nitrogens is 2. The van der Waals surface area contributed by atoms with Crippen molar-refractivity contribution < 1.29 is 9.34 Å². The van der Waals surface area contributed by atoms with Crippen molar-refractivity contribution in [3.05, 3.63) is 89.3 Å². The molecule has 0 saturated carbocycles. The third kappa shape index (κ3) is 2.97. The molecule has 0 amide bonds.